The topological polar surface area (TPSA) is 61.8 Å². The molecule has 4 aromatic carbocycles. The van der Waals surface area contributed by atoms with E-state index in [4.69, 9.17) is 4.98 Å². The summed E-state index contributed by atoms with van der Waals surface area (Å²) in [6, 6.07) is 31.7. The maximum absolute atomic E-state index is 10.3. The van der Waals surface area contributed by atoms with Crippen LogP contribution >= 0.6 is 0 Å². The number of nitrogens with zero attached hydrogens (tertiary/aromatic N) is 2. The minimum absolute atomic E-state index is 0. The molecule has 0 atom stereocenters. The Balaban J connectivity index is 0.00000253. The summed E-state index contributed by atoms with van der Waals surface area (Å²) in [6.45, 7) is 2.17. The number of fused-ring (bicyclic) bond motifs is 2. The predicted octanol–water partition coefficient (Wildman–Crippen LogP) is 7.18. The zero-order valence-electron chi connectivity index (χ0n) is 19.0. The first-order chi connectivity index (χ1) is 16.7. The van der Waals surface area contributed by atoms with Gasteiger partial charge in [-0.05, 0) is 36.1 Å². The van der Waals surface area contributed by atoms with Gasteiger partial charge in [0.05, 0.1) is 16.6 Å². The number of H-pyrrole nitrogens is 1. The number of nitrogens with one attached hydrogen (secondary N) is 1. The average Bonchev–Trinajstić information content (AvgIpc) is 3.32. The fourth-order valence-electron chi connectivity index (χ4n) is 4.50. The van der Waals surface area contributed by atoms with Crippen molar-refractivity contribution in [1.29, 1.82) is 0 Å². The van der Waals surface area contributed by atoms with Crippen LogP contribution in [0.25, 0.3) is 55.6 Å². The summed E-state index contributed by atoms with van der Waals surface area (Å²) in [4.78, 5) is 12.9. The molecule has 0 amide bonds. The monoisotopic (exact) mass is 635 g/mol. The number of aromatic hydroxyl groups is 1. The van der Waals surface area contributed by atoms with E-state index in [1.165, 1.54) is 5.56 Å². The van der Waals surface area contributed by atoms with Gasteiger partial charge in [0.1, 0.15) is 11.6 Å². The zero-order chi connectivity index (χ0) is 23.1. The standard InChI is InChI=1S/C30H22N3O.Pt/c1-2-19-16-22-10-7-15-31-28(22)25(17-19)21-9-5-8-20(18-21)23-12-6-13-26-29(23)33-30(32-26)24-11-3-4-14-27(24)34;/h3-17,34H,2H2,1H3,(H,32,33);/q-1;. The van der Waals surface area contributed by atoms with E-state index in [1.807, 2.05) is 36.5 Å². The van der Waals surface area contributed by atoms with Gasteiger partial charge in [0, 0.05) is 32.8 Å². The first kappa shape index (κ1) is 23.0. The molecule has 6 rings (SSSR count). The van der Waals surface area contributed by atoms with E-state index in [0.717, 1.165) is 50.6 Å². The molecule has 5 heteroatoms. The van der Waals surface area contributed by atoms with Crippen molar-refractivity contribution in [2.24, 2.45) is 0 Å². The van der Waals surface area contributed by atoms with Gasteiger partial charge in [-0.3, -0.25) is 4.98 Å². The van der Waals surface area contributed by atoms with Gasteiger partial charge in [0.2, 0.25) is 0 Å². The van der Waals surface area contributed by atoms with E-state index < -0.39 is 0 Å². The Morgan fingerprint density at radius 2 is 1.57 bits per heavy atom. The molecule has 35 heavy (non-hydrogen) atoms. The second kappa shape index (κ2) is 9.48. The molecule has 0 fully saturated rings. The summed E-state index contributed by atoms with van der Waals surface area (Å²) in [5.74, 6) is 0.842. The molecule has 0 spiro atoms. The number of aromatic amines is 1. The van der Waals surface area contributed by atoms with Gasteiger partial charge in [-0.2, -0.15) is 0 Å². The van der Waals surface area contributed by atoms with Crippen LogP contribution < -0.4 is 0 Å². The maximum atomic E-state index is 10.3. The van der Waals surface area contributed by atoms with Crippen molar-refractivity contribution in [3.8, 4) is 39.4 Å². The second-order valence-electron chi connectivity index (χ2n) is 8.35. The van der Waals surface area contributed by atoms with Gasteiger partial charge in [-0.1, -0.05) is 66.1 Å². The number of phenolic OH excluding ortho intramolecular Hbond substituents is 1. The molecule has 2 aromatic heterocycles. The summed E-state index contributed by atoms with van der Waals surface area (Å²) in [5.41, 5.74) is 8.73. The number of hydrogen-bond acceptors (Lipinski definition) is 3. The third-order valence-corrected chi connectivity index (χ3v) is 6.22. The summed E-state index contributed by atoms with van der Waals surface area (Å²) in [6.07, 6.45) is 2.80. The van der Waals surface area contributed by atoms with Crippen LogP contribution in [0.2, 0.25) is 0 Å². The summed E-state index contributed by atoms with van der Waals surface area (Å²) < 4.78 is 0. The van der Waals surface area contributed by atoms with E-state index in [-0.39, 0.29) is 26.8 Å². The maximum Gasteiger partial charge on any atom is 0.141 e. The molecule has 6 aromatic rings. The van der Waals surface area contributed by atoms with Crippen LogP contribution in [0.1, 0.15) is 12.5 Å². The van der Waals surface area contributed by atoms with Gasteiger partial charge in [-0.15, -0.1) is 35.4 Å². The van der Waals surface area contributed by atoms with Crippen molar-refractivity contribution in [2.75, 3.05) is 0 Å². The van der Waals surface area contributed by atoms with Crippen molar-refractivity contribution in [2.45, 2.75) is 13.3 Å². The van der Waals surface area contributed by atoms with E-state index in [9.17, 15) is 5.11 Å². The molecule has 0 aliphatic rings. The minimum atomic E-state index is 0. The van der Waals surface area contributed by atoms with Gasteiger partial charge in [-0.25, -0.2) is 4.98 Å². The number of hydrogen-bond donors (Lipinski definition) is 2. The first-order valence-electron chi connectivity index (χ1n) is 11.4. The number of rotatable bonds is 4. The molecule has 0 aliphatic carbocycles. The van der Waals surface area contributed by atoms with Gasteiger partial charge < -0.3 is 10.1 Å². The molecule has 2 heterocycles. The summed E-state index contributed by atoms with van der Waals surface area (Å²) in [5, 5.41) is 11.4. The van der Waals surface area contributed by atoms with E-state index in [2.05, 4.69) is 65.4 Å². The SMILES string of the molecule is CCc1cc(-c2[c-]c(-c3cccc4[nH]c(-c5ccccc5O)nc34)ccc2)c2ncccc2c1.[Pt]. The molecule has 0 saturated carbocycles. The van der Waals surface area contributed by atoms with E-state index in [1.54, 1.807) is 12.1 Å². The van der Waals surface area contributed by atoms with Crippen LogP contribution in [0.3, 0.4) is 0 Å². The molecule has 4 nitrogen and oxygen atoms in total. The third-order valence-electron chi connectivity index (χ3n) is 6.22. The van der Waals surface area contributed by atoms with Crippen molar-refractivity contribution >= 4 is 21.9 Å². The molecule has 2 N–H and O–H groups in total. The third kappa shape index (κ3) is 4.15. The summed E-state index contributed by atoms with van der Waals surface area (Å²) in [7, 11) is 0. The first-order valence-corrected chi connectivity index (χ1v) is 11.4. The predicted molar refractivity (Wildman–Crippen MR) is 138 cm³/mol. The molecular weight excluding hydrogens is 613 g/mol. The smallest absolute Gasteiger partial charge is 0.141 e. The van der Waals surface area contributed by atoms with Crippen molar-refractivity contribution in [3.63, 3.8) is 0 Å². The Hall–Kier alpha value is -3.75. The minimum Gasteiger partial charge on any atom is -0.507 e. The van der Waals surface area contributed by atoms with Crippen LogP contribution in [0.4, 0.5) is 0 Å². The Morgan fingerprint density at radius 3 is 2.40 bits per heavy atom. The molecule has 174 valence electrons. The summed E-state index contributed by atoms with van der Waals surface area (Å²) >= 11 is 0. The zero-order valence-corrected chi connectivity index (χ0v) is 21.3. The second-order valence-corrected chi connectivity index (χ2v) is 8.35. The number of phenols is 1. The number of benzene rings is 4. The largest absolute Gasteiger partial charge is 0.507 e. The quantitative estimate of drug-likeness (QED) is 0.202. The Morgan fingerprint density at radius 1 is 0.800 bits per heavy atom. The Bertz CT molecular complexity index is 1670. The molecule has 0 saturated heterocycles. The Kier molecular flexibility index (Phi) is 6.23. The fourth-order valence-corrected chi connectivity index (χ4v) is 4.50. The Labute approximate surface area is 218 Å². The van der Waals surface area contributed by atoms with Crippen molar-refractivity contribution < 1.29 is 26.2 Å². The van der Waals surface area contributed by atoms with Crippen LogP contribution in [-0.4, -0.2) is 20.1 Å². The normalized spacial score (nSPS) is 11.0. The molecule has 0 radical (unpaired) electrons. The average molecular weight is 636 g/mol. The number of imidazole rings is 1. The van der Waals surface area contributed by atoms with E-state index in [0.29, 0.717) is 11.4 Å². The molecular formula is C30H22N3OPt-. The van der Waals surface area contributed by atoms with Crippen LogP contribution in [0, 0.1) is 6.07 Å². The fraction of sp³-hybridized carbons (Fsp3) is 0.0667. The number of para-hydroxylation sites is 2. The van der Waals surface area contributed by atoms with E-state index >= 15 is 0 Å². The number of pyridine rings is 1. The number of aromatic nitrogens is 3. The molecule has 0 unspecified atom stereocenters. The van der Waals surface area contributed by atoms with Crippen LogP contribution in [0.5, 0.6) is 5.75 Å². The van der Waals surface area contributed by atoms with Gasteiger partial charge in [0.25, 0.3) is 0 Å². The number of aryl methyl sites for hydroxylation is 1. The van der Waals surface area contributed by atoms with Crippen LogP contribution in [-0.2, 0) is 27.5 Å². The van der Waals surface area contributed by atoms with Crippen LogP contribution in [0.15, 0.2) is 91.1 Å². The molecule has 0 bridgehead atoms. The van der Waals surface area contributed by atoms with Gasteiger partial charge in [0.15, 0.2) is 0 Å². The van der Waals surface area contributed by atoms with Gasteiger partial charge >= 0.3 is 0 Å². The van der Waals surface area contributed by atoms with Crippen molar-refractivity contribution in [1.82, 2.24) is 15.0 Å². The molecule has 0 aliphatic heterocycles. The van der Waals surface area contributed by atoms with Crippen molar-refractivity contribution in [3.05, 3.63) is 103 Å².